The molecule has 0 amide bonds. The Bertz CT molecular complexity index is 289. The van der Waals surface area contributed by atoms with Gasteiger partial charge >= 0.3 is 11.9 Å². The molecule has 0 spiro atoms. The number of carbonyl (C=O) groups is 2. The fraction of sp³-hybridized carbons (Fsp3) is 0.500. The van der Waals surface area contributed by atoms with Crippen LogP contribution in [0.2, 0.25) is 0 Å². The van der Waals surface area contributed by atoms with Crippen molar-refractivity contribution in [1.82, 2.24) is 0 Å². The first-order valence-corrected chi connectivity index (χ1v) is 5.28. The molecule has 0 aliphatic heterocycles. The summed E-state index contributed by atoms with van der Waals surface area (Å²) >= 11 is 0. The van der Waals surface area contributed by atoms with Crippen molar-refractivity contribution < 1.29 is 19.1 Å². The molecule has 0 aliphatic rings. The maximum absolute atomic E-state index is 11.2. The van der Waals surface area contributed by atoms with E-state index in [2.05, 4.69) is 0 Å². The largest absolute Gasteiger partial charge is 0.466 e. The van der Waals surface area contributed by atoms with E-state index in [9.17, 15) is 9.59 Å². The van der Waals surface area contributed by atoms with E-state index in [0.29, 0.717) is 18.8 Å². The second kappa shape index (κ2) is 8.71. The van der Waals surface area contributed by atoms with Crippen molar-refractivity contribution >= 4 is 11.9 Å². The number of ether oxygens (including phenoxy) is 2. The van der Waals surface area contributed by atoms with Crippen molar-refractivity contribution in [2.24, 2.45) is 0 Å². The zero-order valence-corrected chi connectivity index (χ0v) is 9.99. The van der Waals surface area contributed by atoms with Gasteiger partial charge in [0.15, 0.2) is 0 Å². The van der Waals surface area contributed by atoms with Gasteiger partial charge in [-0.05, 0) is 20.8 Å². The SMILES string of the molecule is CCOC(=O)C/C=C/C=C(\C)C(=O)OCC. The van der Waals surface area contributed by atoms with Gasteiger partial charge in [0.1, 0.15) is 0 Å². The summed E-state index contributed by atoms with van der Waals surface area (Å²) < 4.78 is 9.52. The Morgan fingerprint density at radius 1 is 1.12 bits per heavy atom. The molecule has 4 nitrogen and oxygen atoms in total. The molecular weight excluding hydrogens is 208 g/mol. The first-order chi connectivity index (χ1) is 7.61. The highest BCUT2D eigenvalue weighted by Crippen LogP contribution is 1.98. The van der Waals surface area contributed by atoms with Gasteiger partial charge < -0.3 is 9.47 Å². The summed E-state index contributed by atoms with van der Waals surface area (Å²) in [7, 11) is 0. The molecule has 0 saturated heterocycles. The third-order valence-electron chi connectivity index (χ3n) is 1.67. The van der Waals surface area contributed by atoms with Crippen LogP contribution in [-0.2, 0) is 19.1 Å². The zero-order valence-electron chi connectivity index (χ0n) is 9.99. The van der Waals surface area contributed by atoms with Crippen LogP contribution in [0.1, 0.15) is 27.2 Å². The predicted octanol–water partition coefficient (Wildman–Crippen LogP) is 2.01. The highest BCUT2D eigenvalue weighted by atomic mass is 16.5. The Morgan fingerprint density at radius 3 is 2.31 bits per heavy atom. The van der Waals surface area contributed by atoms with Gasteiger partial charge in [0, 0.05) is 5.57 Å². The van der Waals surface area contributed by atoms with E-state index >= 15 is 0 Å². The third-order valence-corrected chi connectivity index (χ3v) is 1.67. The Labute approximate surface area is 95.9 Å². The quantitative estimate of drug-likeness (QED) is 0.395. The highest BCUT2D eigenvalue weighted by Gasteiger charge is 2.02. The molecule has 0 unspecified atom stereocenters. The van der Waals surface area contributed by atoms with Crippen LogP contribution in [0.15, 0.2) is 23.8 Å². The molecule has 4 heteroatoms. The fourth-order valence-electron chi connectivity index (χ4n) is 0.910. The molecule has 0 rings (SSSR count). The summed E-state index contributed by atoms with van der Waals surface area (Å²) in [6.45, 7) is 5.90. The smallest absolute Gasteiger partial charge is 0.333 e. The van der Waals surface area contributed by atoms with Crippen molar-refractivity contribution in [3.63, 3.8) is 0 Å². The van der Waals surface area contributed by atoms with E-state index in [1.165, 1.54) is 0 Å². The van der Waals surface area contributed by atoms with Gasteiger partial charge in [-0.15, -0.1) is 0 Å². The Balaban J connectivity index is 4.01. The number of hydrogen-bond acceptors (Lipinski definition) is 4. The van der Waals surface area contributed by atoms with E-state index in [-0.39, 0.29) is 18.4 Å². The summed E-state index contributed by atoms with van der Waals surface area (Å²) in [6, 6.07) is 0. The van der Waals surface area contributed by atoms with Gasteiger partial charge in [-0.25, -0.2) is 4.79 Å². The summed E-state index contributed by atoms with van der Waals surface area (Å²) in [4.78, 5) is 22.1. The molecular formula is C12H18O4. The summed E-state index contributed by atoms with van der Waals surface area (Å²) in [5, 5.41) is 0. The lowest BCUT2D eigenvalue weighted by Crippen LogP contribution is -2.04. The standard InChI is InChI=1S/C12H18O4/c1-4-15-11(13)9-7-6-8-10(3)12(14)16-5-2/h6-8H,4-5,9H2,1-3H3/b7-6+,10-8+. The lowest BCUT2D eigenvalue weighted by atomic mass is 10.2. The minimum atomic E-state index is -0.344. The normalized spacial score (nSPS) is 11.6. The number of esters is 2. The average Bonchev–Trinajstić information content (AvgIpc) is 2.24. The van der Waals surface area contributed by atoms with Gasteiger partial charge in [0.05, 0.1) is 19.6 Å². The van der Waals surface area contributed by atoms with E-state index < -0.39 is 0 Å². The second-order valence-electron chi connectivity index (χ2n) is 3.01. The molecule has 0 atom stereocenters. The fourth-order valence-corrected chi connectivity index (χ4v) is 0.910. The lowest BCUT2D eigenvalue weighted by Gasteiger charge is -1.99. The van der Waals surface area contributed by atoms with Crippen LogP contribution >= 0.6 is 0 Å². The molecule has 0 saturated carbocycles. The van der Waals surface area contributed by atoms with Crippen molar-refractivity contribution in [1.29, 1.82) is 0 Å². The van der Waals surface area contributed by atoms with E-state index in [0.717, 1.165) is 0 Å². The van der Waals surface area contributed by atoms with Crippen LogP contribution < -0.4 is 0 Å². The maximum atomic E-state index is 11.2. The molecule has 16 heavy (non-hydrogen) atoms. The van der Waals surface area contributed by atoms with Crippen LogP contribution in [0.5, 0.6) is 0 Å². The van der Waals surface area contributed by atoms with Crippen molar-refractivity contribution in [3.05, 3.63) is 23.8 Å². The molecule has 0 fully saturated rings. The van der Waals surface area contributed by atoms with Crippen LogP contribution in [0.3, 0.4) is 0 Å². The number of rotatable bonds is 6. The van der Waals surface area contributed by atoms with E-state index in [4.69, 9.17) is 9.47 Å². The molecule has 0 aliphatic carbocycles. The van der Waals surface area contributed by atoms with Crippen LogP contribution in [0.4, 0.5) is 0 Å². The van der Waals surface area contributed by atoms with Crippen molar-refractivity contribution in [3.8, 4) is 0 Å². The monoisotopic (exact) mass is 226 g/mol. The third kappa shape index (κ3) is 6.81. The summed E-state index contributed by atoms with van der Waals surface area (Å²) in [5.74, 6) is -0.621. The average molecular weight is 226 g/mol. The maximum Gasteiger partial charge on any atom is 0.333 e. The van der Waals surface area contributed by atoms with Gasteiger partial charge in [0.2, 0.25) is 0 Å². The minimum absolute atomic E-state index is 0.209. The van der Waals surface area contributed by atoms with E-state index in [1.54, 1.807) is 39.0 Å². The topological polar surface area (TPSA) is 52.6 Å². The molecule has 0 heterocycles. The Hall–Kier alpha value is -1.58. The molecule has 0 aromatic heterocycles. The van der Waals surface area contributed by atoms with Gasteiger partial charge in [-0.1, -0.05) is 18.2 Å². The minimum Gasteiger partial charge on any atom is -0.466 e. The number of allylic oxidation sites excluding steroid dienone is 2. The van der Waals surface area contributed by atoms with Crippen LogP contribution in [-0.4, -0.2) is 25.2 Å². The Kier molecular flexibility index (Phi) is 7.85. The number of hydrogen-bond donors (Lipinski definition) is 0. The molecule has 0 bridgehead atoms. The molecule has 0 N–H and O–H groups in total. The van der Waals surface area contributed by atoms with Gasteiger partial charge in [-0.3, -0.25) is 4.79 Å². The van der Waals surface area contributed by atoms with Crippen LogP contribution in [0, 0.1) is 0 Å². The first-order valence-electron chi connectivity index (χ1n) is 5.28. The van der Waals surface area contributed by atoms with Gasteiger partial charge in [-0.2, -0.15) is 0 Å². The second-order valence-corrected chi connectivity index (χ2v) is 3.01. The molecule has 0 radical (unpaired) electrons. The van der Waals surface area contributed by atoms with Crippen LogP contribution in [0.25, 0.3) is 0 Å². The number of carbonyl (C=O) groups excluding carboxylic acids is 2. The van der Waals surface area contributed by atoms with Crippen molar-refractivity contribution in [2.45, 2.75) is 27.2 Å². The summed E-state index contributed by atoms with van der Waals surface area (Å²) in [6.07, 6.45) is 5.10. The predicted molar refractivity (Wildman–Crippen MR) is 60.8 cm³/mol. The molecule has 0 aromatic carbocycles. The highest BCUT2D eigenvalue weighted by molar-refractivity contribution is 5.88. The first kappa shape index (κ1) is 14.4. The summed E-state index contributed by atoms with van der Waals surface area (Å²) in [5.41, 5.74) is 0.502. The van der Waals surface area contributed by atoms with Gasteiger partial charge in [0.25, 0.3) is 0 Å². The Morgan fingerprint density at radius 2 is 1.75 bits per heavy atom. The van der Waals surface area contributed by atoms with E-state index in [1.807, 2.05) is 0 Å². The zero-order chi connectivity index (χ0) is 12.4. The lowest BCUT2D eigenvalue weighted by molar-refractivity contribution is -0.142. The molecule has 0 aromatic rings. The molecule has 90 valence electrons. The van der Waals surface area contributed by atoms with Crippen molar-refractivity contribution in [2.75, 3.05) is 13.2 Å².